The fourth-order valence-corrected chi connectivity index (χ4v) is 1.76. The Morgan fingerprint density at radius 3 is 2.32 bits per heavy atom. The zero-order valence-corrected chi connectivity index (χ0v) is 14.4. The summed E-state index contributed by atoms with van der Waals surface area (Å²) in [6.07, 6.45) is 2.88. The lowest BCUT2D eigenvalue weighted by Crippen LogP contribution is -2.45. The molecule has 0 unspecified atom stereocenters. The number of hydrazone groups is 1. The Balaban J connectivity index is 2.73. The Labute approximate surface area is 140 Å². The van der Waals surface area contributed by atoms with Crippen LogP contribution < -0.4 is 10.2 Å². The van der Waals surface area contributed by atoms with Crippen molar-refractivity contribution in [2.45, 2.75) is 26.3 Å². The van der Waals surface area contributed by atoms with E-state index in [2.05, 4.69) is 10.5 Å². The van der Waals surface area contributed by atoms with Gasteiger partial charge in [0.25, 0.3) is 0 Å². The van der Waals surface area contributed by atoms with Crippen molar-refractivity contribution in [1.82, 2.24) is 10.3 Å². The molecule has 0 aliphatic rings. The zero-order chi connectivity index (χ0) is 16.8. The minimum absolute atomic E-state index is 0.00999. The predicted octanol–water partition coefficient (Wildman–Crippen LogP) is 4.12. The maximum Gasteiger partial charge on any atom is 0.342 e. The Hall–Kier alpha value is -1.72. The van der Waals surface area contributed by atoms with Crippen LogP contribution in [0.5, 0.6) is 5.75 Å². The van der Waals surface area contributed by atoms with Gasteiger partial charge >= 0.3 is 6.03 Å². The lowest BCUT2D eigenvalue weighted by atomic mass is 10.1. The van der Waals surface area contributed by atoms with Crippen molar-refractivity contribution in [2.75, 3.05) is 7.11 Å². The summed E-state index contributed by atoms with van der Waals surface area (Å²) in [5.74, 6) is 0.752. The summed E-state index contributed by atoms with van der Waals surface area (Å²) in [5.41, 5.74) is 2.77. The Kier molecular flexibility index (Phi) is 6.71. The molecule has 7 heteroatoms. The second-order valence-electron chi connectivity index (χ2n) is 5.41. The van der Waals surface area contributed by atoms with Crippen LogP contribution in [0.3, 0.4) is 0 Å². The molecule has 22 heavy (non-hydrogen) atoms. The first-order chi connectivity index (χ1) is 10.2. The number of rotatable bonds is 4. The molecule has 1 rings (SSSR count). The van der Waals surface area contributed by atoms with E-state index in [0.717, 1.165) is 11.3 Å². The van der Waals surface area contributed by atoms with Crippen LogP contribution in [0, 0.1) is 0 Å². The number of amides is 2. The number of halogens is 2. The summed E-state index contributed by atoms with van der Waals surface area (Å²) < 4.78 is 5.06. The standard InChI is InChI=1S/C15H19Cl2N3O2/c1-15(2,3)20(10-13(16)17)14(21)19-18-9-11-5-7-12(22-4)8-6-11/h5-10H,1-4H3,(H,19,21)/b18-9+. The summed E-state index contributed by atoms with van der Waals surface area (Å²) in [6, 6.07) is 6.83. The maximum atomic E-state index is 12.1. The number of benzene rings is 1. The van der Waals surface area contributed by atoms with Crippen molar-refractivity contribution in [1.29, 1.82) is 0 Å². The van der Waals surface area contributed by atoms with Gasteiger partial charge in [0.15, 0.2) is 0 Å². The Bertz CT molecular complexity index is 559. The van der Waals surface area contributed by atoms with Gasteiger partial charge in [-0.15, -0.1) is 0 Å². The van der Waals surface area contributed by atoms with E-state index >= 15 is 0 Å². The molecule has 120 valence electrons. The topological polar surface area (TPSA) is 53.9 Å². The van der Waals surface area contributed by atoms with Crippen molar-refractivity contribution in [3.05, 3.63) is 40.5 Å². The highest BCUT2D eigenvalue weighted by atomic mass is 35.5. The number of urea groups is 1. The van der Waals surface area contributed by atoms with Gasteiger partial charge in [-0.3, -0.25) is 4.90 Å². The first kappa shape index (κ1) is 18.3. The summed E-state index contributed by atoms with van der Waals surface area (Å²) in [6.45, 7) is 5.56. The number of nitrogens with zero attached hydrogens (tertiary/aromatic N) is 2. The molecule has 0 saturated heterocycles. The molecule has 0 atom stereocenters. The number of nitrogens with one attached hydrogen (secondary N) is 1. The number of ether oxygens (including phenoxy) is 1. The maximum absolute atomic E-state index is 12.1. The van der Waals surface area contributed by atoms with Crippen molar-refractivity contribution in [3.8, 4) is 5.75 Å². The van der Waals surface area contributed by atoms with Gasteiger partial charge in [-0.05, 0) is 50.6 Å². The molecule has 0 fully saturated rings. The molecule has 1 N–H and O–H groups in total. The van der Waals surface area contributed by atoms with E-state index in [-0.39, 0.29) is 4.49 Å². The molecule has 0 bridgehead atoms. The SMILES string of the molecule is COc1ccc(/C=N/NC(=O)N(C=C(Cl)Cl)C(C)(C)C)cc1. The highest BCUT2D eigenvalue weighted by Crippen LogP contribution is 2.18. The first-order valence-corrected chi connectivity index (χ1v) is 7.29. The minimum Gasteiger partial charge on any atom is -0.497 e. The van der Waals surface area contributed by atoms with Crippen LogP contribution in [0.1, 0.15) is 26.3 Å². The molecule has 0 radical (unpaired) electrons. The largest absolute Gasteiger partial charge is 0.497 e. The van der Waals surface area contributed by atoms with Gasteiger partial charge in [0.2, 0.25) is 0 Å². The third kappa shape index (κ3) is 5.95. The fourth-order valence-electron chi connectivity index (χ4n) is 1.56. The minimum atomic E-state index is -0.491. The Morgan fingerprint density at radius 2 is 1.86 bits per heavy atom. The van der Waals surface area contributed by atoms with Gasteiger partial charge in [-0.25, -0.2) is 10.2 Å². The summed E-state index contributed by atoms with van der Waals surface area (Å²) in [5, 5.41) is 3.92. The number of methoxy groups -OCH3 is 1. The molecule has 0 aliphatic carbocycles. The van der Waals surface area contributed by atoms with Gasteiger partial charge in [0.05, 0.1) is 13.3 Å². The van der Waals surface area contributed by atoms with Crippen molar-refractivity contribution in [2.24, 2.45) is 5.10 Å². The number of carbonyl (C=O) groups excluding carboxylic acids is 1. The van der Waals surface area contributed by atoms with Crippen LogP contribution in [-0.2, 0) is 0 Å². The van der Waals surface area contributed by atoms with Crippen LogP contribution in [0.4, 0.5) is 4.79 Å². The van der Waals surface area contributed by atoms with Crippen LogP contribution in [-0.4, -0.2) is 29.8 Å². The monoisotopic (exact) mass is 343 g/mol. The smallest absolute Gasteiger partial charge is 0.342 e. The van der Waals surface area contributed by atoms with Crippen LogP contribution >= 0.6 is 23.2 Å². The van der Waals surface area contributed by atoms with E-state index in [1.807, 2.05) is 32.9 Å². The molecule has 0 heterocycles. The average molecular weight is 344 g/mol. The van der Waals surface area contributed by atoms with E-state index < -0.39 is 11.6 Å². The Morgan fingerprint density at radius 1 is 1.27 bits per heavy atom. The predicted molar refractivity (Wildman–Crippen MR) is 90.5 cm³/mol. The zero-order valence-electron chi connectivity index (χ0n) is 12.9. The third-order valence-corrected chi connectivity index (χ3v) is 2.85. The number of hydrogen-bond donors (Lipinski definition) is 1. The molecule has 0 saturated carbocycles. The van der Waals surface area contributed by atoms with E-state index in [0.29, 0.717) is 0 Å². The first-order valence-electron chi connectivity index (χ1n) is 6.53. The van der Waals surface area contributed by atoms with E-state index in [4.69, 9.17) is 27.9 Å². The molecule has 1 aromatic rings. The highest BCUT2D eigenvalue weighted by Gasteiger charge is 2.25. The van der Waals surface area contributed by atoms with Gasteiger partial charge < -0.3 is 4.74 Å². The van der Waals surface area contributed by atoms with Gasteiger partial charge in [0, 0.05) is 11.7 Å². The molecular formula is C15H19Cl2N3O2. The summed E-state index contributed by atoms with van der Waals surface area (Å²) >= 11 is 11.3. The van der Waals surface area contributed by atoms with E-state index in [1.165, 1.54) is 17.3 Å². The number of hydrogen-bond acceptors (Lipinski definition) is 3. The van der Waals surface area contributed by atoms with E-state index in [1.54, 1.807) is 19.2 Å². The molecule has 0 spiro atoms. The normalized spacial score (nSPS) is 11.2. The number of carbonyl (C=O) groups is 1. The molecule has 2 amide bonds. The van der Waals surface area contributed by atoms with Crippen LogP contribution in [0.25, 0.3) is 0 Å². The second kappa shape index (κ2) is 8.06. The molecule has 0 aromatic heterocycles. The molecule has 5 nitrogen and oxygen atoms in total. The molecule has 0 aliphatic heterocycles. The van der Waals surface area contributed by atoms with Crippen LogP contribution in [0.2, 0.25) is 0 Å². The van der Waals surface area contributed by atoms with Gasteiger partial charge in [-0.2, -0.15) is 5.10 Å². The van der Waals surface area contributed by atoms with Gasteiger partial charge in [-0.1, -0.05) is 23.2 Å². The average Bonchev–Trinajstić information content (AvgIpc) is 2.44. The van der Waals surface area contributed by atoms with Crippen molar-refractivity contribution in [3.63, 3.8) is 0 Å². The quantitative estimate of drug-likeness (QED) is 0.660. The fraction of sp³-hybridized carbons (Fsp3) is 0.333. The van der Waals surface area contributed by atoms with Crippen LogP contribution in [0.15, 0.2) is 40.1 Å². The summed E-state index contributed by atoms with van der Waals surface area (Å²) in [4.78, 5) is 13.5. The van der Waals surface area contributed by atoms with Gasteiger partial charge in [0.1, 0.15) is 10.2 Å². The molecule has 1 aromatic carbocycles. The lowest BCUT2D eigenvalue weighted by molar-refractivity contribution is 0.179. The van der Waals surface area contributed by atoms with Crippen molar-refractivity contribution >= 4 is 35.4 Å². The highest BCUT2D eigenvalue weighted by molar-refractivity contribution is 6.55. The summed E-state index contributed by atoms with van der Waals surface area (Å²) in [7, 11) is 1.60. The lowest BCUT2D eigenvalue weighted by Gasteiger charge is -2.31. The van der Waals surface area contributed by atoms with E-state index in [9.17, 15) is 4.79 Å². The van der Waals surface area contributed by atoms with Crippen molar-refractivity contribution < 1.29 is 9.53 Å². The third-order valence-electron chi connectivity index (χ3n) is 2.66. The second-order valence-corrected chi connectivity index (χ2v) is 6.42. The molecular weight excluding hydrogens is 325 g/mol.